The van der Waals surface area contributed by atoms with Crippen molar-refractivity contribution >= 4 is 5.97 Å². The molecule has 72 valence electrons. The van der Waals surface area contributed by atoms with Gasteiger partial charge < -0.3 is 10.8 Å². The fourth-order valence-electron chi connectivity index (χ4n) is 0.955. The first kappa shape index (κ1) is 9.73. The lowest BCUT2D eigenvalue weighted by molar-refractivity contribution is -0.143. The second-order valence-corrected chi connectivity index (χ2v) is 3.38. The lowest BCUT2D eigenvalue weighted by Gasteiger charge is -2.18. The molecule has 0 saturated heterocycles. The summed E-state index contributed by atoms with van der Waals surface area (Å²) in [4.78, 5) is 10.7. The van der Waals surface area contributed by atoms with Crippen LogP contribution in [-0.2, 0) is 11.3 Å². The summed E-state index contributed by atoms with van der Waals surface area (Å²) < 4.78 is 1.53. The number of carboxylic acids is 1. The van der Waals surface area contributed by atoms with E-state index >= 15 is 0 Å². The molecule has 0 fully saturated rings. The maximum Gasteiger partial charge on any atom is 0.325 e. The van der Waals surface area contributed by atoms with Crippen molar-refractivity contribution in [3.05, 3.63) is 18.0 Å². The zero-order valence-corrected chi connectivity index (χ0v) is 7.69. The fraction of sp³-hybridized carbons (Fsp3) is 0.500. The third-order valence-corrected chi connectivity index (χ3v) is 1.75. The molecule has 0 aliphatic carbocycles. The van der Waals surface area contributed by atoms with Gasteiger partial charge in [-0.05, 0) is 19.9 Å². The zero-order valence-electron chi connectivity index (χ0n) is 7.69. The molecule has 1 unspecified atom stereocenters. The Bertz CT molecular complexity index is 317. The third kappa shape index (κ3) is 2.29. The molecule has 1 heterocycles. The summed E-state index contributed by atoms with van der Waals surface area (Å²) in [6.07, 6.45) is 1.71. The van der Waals surface area contributed by atoms with E-state index in [1.807, 2.05) is 6.92 Å². The zero-order chi connectivity index (χ0) is 10.1. The Hall–Kier alpha value is -1.36. The summed E-state index contributed by atoms with van der Waals surface area (Å²) in [5.74, 6) is -1.03. The molecule has 1 rings (SSSR count). The first-order valence-electron chi connectivity index (χ1n) is 3.94. The highest BCUT2D eigenvalue weighted by molar-refractivity contribution is 5.77. The molecule has 1 atom stereocenters. The first-order chi connectivity index (χ1) is 5.92. The molecule has 0 aliphatic heterocycles. The van der Waals surface area contributed by atoms with Gasteiger partial charge in [-0.15, -0.1) is 0 Å². The molecule has 0 radical (unpaired) electrons. The predicted octanol–water partition coefficient (Wildman–Crippen LogP) is -0.00648. The Balaban J connectivity index is 2.74. The van der Waals surface area contributed by atoms with E-state index in [1.165, 1.54) is 11.6 Å². The van der Waals surface area contributed by atoms with E-state index in [2.05, 4.69) is 5.10 Å². The number of hydrogen-bond donors (Lipinski definition) is 2. The highest BCUT2D eigenvalue weighted by atomic mass is 16.4. The van der Waals surface area contributed by atoms with Gasteiger partial charge in [0.05, 0.1) is 12.2 Å². The molecule has 13 heavy (non-hydrogen) atoms. The predicted molar refractivity (Wildman–Crippen MR) is 47.2 cm³/mol. The molecule has 5 nitrogen and oxygen atoms in total. The topological polar surface area (TPSA) is 81.1 Å². The molecule has 0 bridgehead atoms. The molecule has 5 heteroatoms. The van der Waals surface area contributed by atoms with Gasteiger partial charge in [-0.25, -0.2) is 0 Å². The van der Waals surface area contributed by atoms with Gasteiger partial charge in [0.15, 0.2) is 0 Å². The van der Waals surface area contributed by atoms with E-state index in [1.54, 1.807) is 12.3 Å². The normalized spacial score (nSPS) is 15.3. The van der Waals surface area contributed by atoms with Gasteiger partial charge in [0.25, 0.3) is 0 Å². The van der Waals surface area contributed by atoms with Crippen LogP contribution in [-0.4, -0.2) is 26.4 Å². The third-order valence-electron chi connectivity index (χ3n) is 1.75. The monoisotopic (exact) mass is 183 g/mol. The largest absolute Gasteiger partial charge is 0.480 e. The van der Waals surface area contributed by atoms with Crippen molar-refractivity contribution in [2.24, 2.45) is 5.73 Å². The van der Waals surface area contributed by atoms with E-state index in [0.717, 1.165) is 5.69 Å². The number of rotatable bonds is 3. The van der Waals surface area contributed by atoms with Crippen LogP contribution in [0.1, 0.15) is 12.6 Å². The Morgan fingerprint density at radius 1 is 1.85 bits per heavy atom. The van der Waals surface area contributed by atoms with Crippen LogP contribution >= 0.6 is 0 Å². The summed E-state index contributed by atoms with van der Waals surface area (Å²) in [6, 6.07) is 1.80. The van der Waals surface area contributed by atoms with E-state index in [-0.39, 0.29) is 6.54 Å². The summed E-state index contributed by atoms with van der Waals surface area (Å²) in [5, 5.41) is 12.8. The van der Waals surface area contributed by atoms with Crippen molar-refractivity contribution in [3.8, 4) is 0 Å². The number of carbonyl (C=O) groups is 1. The standard InChI is InChI=1S/C8H13N3O2/c1-6-3-4-11(10-6)5-8(2,9)7(12)13/h3-4H,5,9H2,1-2H3,(H,12,13). The van der Waals surface area contributed by atoms with Gasteiger partial charge in [-0.1, -0.05) is 0 Å². The van der Waals surface area contributed by atoms with Crippen molar-refractivity contribution in [3.63, 3.8) is 0 Å². The van der Waals surface area contributed by atoms with Crippen LogP contribution in [0.2, 0.25) is 0 Å². The number of nitrogens with zero attached hydrogens (tertiary/aromatic N) is 2. The van der Waals surface area contributed by atoms with E-state index in [4.69, 9.17) is 10.8 Å². The molecule has 0 spiro atoms. The SMILES string of the molecule is Cc1ccn(CC(C)(N)C(=O)O)n1. The molecule has 0 saturated carbocycles. The smallest absolute Gasteiger partial charge is 0.325 e. The molecular weight excluding hydrogens is 170 g/mol. The van der Waals surface area contributed by atoms with Crippen LogP contribution in [0.5, 0.6) is 0 Å². The molecule has 3 N–H and O–H groups in total. The highest BCUT2D eigenvalue weighted by Crippen LogP contribution is 2.04. The fourth-order valence-corrected chi connectivity index (χ4v) is 0.955. The van der Waals surface area contributed by atoms with Gasteiger partial charge in [0, 0.05) is 6.20 Å². The van der Waals surface area contributed by atoms with Crippen LogP contribution < -0.4 is 5.73 Å². The number of aryl methyl sites for hydroxylation is 1. The van der Waals surface area contributed by atoms with Gasteiger partial charge in [0.2, 0.25) is 0 Å². The van der Waals surface area contributed by atoms with Crippen molar-refractivity contribution < 1.29 is 9.90 Å². The van der Waals surface area contributed by atoms with Crippen LogP contribution in [0.25, 0.3) is 0 Å². The Morgan fingerprint density at radius 2 is 2.46 bits per heavy atom. The summed E-state index contributed by atoms with van der Waals surface area (Å²) in [7, 11) is 0. The number of carboxylic acid groups (broad SMARTS) is 1. The highest BCUT2D eigenvalue weighted by Gasteiger charge is 2.28. The first-order valence-corrected chi connectivity index (χ1v) is 3.94. The second-order valence-electron chi connectivity index (χ2n) is 3.38. The Kier molecular flexibility index (Phi) is 2.38. The summed E-state index contributed by atoms with van der Waals surface area (Å²) >= 11 is 0. The van der Waals surface area contributed by atoms with Gasteiger partial charge >= 0.3 is 5.97 Å². The number of hydrogen-bond acceptors (Lipinski definition) is 3. The van der Waals surface area contributed by atoms with Gasteiger partial charge in [-0.2, -0.15) is 5.10 Å². The van der Waals surface area contributed by atoms with Crippen LogP contribution in [0.4, 0.5) is 0 Å². The quantitative estimate of drug-likeness (QED) is 0.690. The van der Waals surface area contributed by atoms with Crippen LogP contribution in [0.15, 0.2) is 12.3 Å². The minimum Gasteiger partial charge on any atom is -0.480 e. The lowest BCUT2D eigenvalue weighted by Crippen LogP contribution is -2.48. The maximum absolute atomic E-state index is 10.7. The van der Waals surface area contributed by atoms with Crippen molar-refractivity contribution in [2.75, 3.05) is 0 Å². The minimum absolute atomic E-state index is 0.177. The maximum atomic E-state index is 10.7. The van der Waals surface area contributed by atoms with Crippen molar-refractivity contribution in [1.29, 1.82) is 0 Å². The number of nitrogens with two attached hydrogens (primary N) is 1. The lowest BCUT2D eigenvalue weighted by atomic mass is 10.1. The molecule has 0 aliphatic rings. The number of aliphatic carboxylic acids is 1. The van der Waals surface area contributed by atoms with E-state index in [9.17, 15) is 4.79 Å². The van der Waals surface area contributed by atoms with E-state index in [0.29, 0.717) is 0 Å². The molecule has 0 amide bonds. The summed E-state index contributed by atoms with van der Waals surface area (Å²) in [6.45, 7) is 3.48. The van der Waals surface area contributed by atoms with Gasteiger partial charge in [-0.3, -0.25) is 9.48 Å². The second kappa shape index (κ2) is 3.18. The average molecular weight is 183 g/mol. The Morgan fingerprint density at radius 3 is 2.85 bits per heavy atom. The molecule has 1 aromatic heterocycles. The van der Waals surface area contributed by atoms with Crippen molar-refractivity contribution in [1.82, 2.24) is 9.78 Å². The van der Waals surface area contributed by atoms with E-state index < -0.39 is 11.5 Å². The minimum atomic E-state index is -1.27. The van der Waals surface area contributed by atoms with Crippen molar-refractivity contribution in [2.45, 2.75) is 25.9 Å². The van der Waals surface area contributed by atoms with Crippen LogP contribution in [0, 0.1) is 6.92 Å². The molecule has 0 aromatic carbocycles. The summed E-state index contributed by atoms with van der Waals surface area (Å²) in [5.41, 5.74) is 5.12. The van der Waals surface area contributed by atoms with Gasteiger partial charge in [0.1, 0.15) is 5.54 Å². The van der Waals surface area contributed by atoms with Crippen LogP contribution in [0.3, 0.4) is 0 Å². The average Bonchev–Trinajstić information content (AvgIpc) is 2.34. The number of aromatic nitrogens is 2. The Labute approximate surface area is 76.2 Å². The molecular formula is C8H13N3O2. The molecule has 1 aromatic rings.